The lowest BCUT2D eigenvalue weighted by Gasteiger charge is -2.25. The number of nitrogens with zero attached hydrogens (tertiary/aromatic N) is 1. The number of ether oxygens (including phenoxy) is 2. The van der Waals surface area contributed by atoms with Crippen molar-refractivity contribution in [1.29, 1.82) is 0 Å². The second-order valence-electron chi connectivity index (χ2n) is 5.63. The van der Waals surface area contributed by atoms with E-state index in [0.29, 0.717) is 29.8 Å². The van der Waals surface area contributed by atoms with E-state index in [1.165, 1.54) is 0 Å². The molecular formula is C16H26ClN3O2. The Labute approximate surface area is 138 Å². The van der Waals surface area contributed by atoms with Gasteiger partial charge in [0.25, 0.3) is 0 Å². The highest BCUT2D eigenvalue weighted by molar-refractivity contribution is 6.32. The third kappa shape index (κ3) is 6.54. The van der Waals surface area contributed by atoms with Crippen LogP contribution in [0.3, 0.4) is 0 Å². The third-order valence-electron chi connectivity index (χ3n) is 3.18. The summed E-state index contributed by atoms with van der Waals surface area (Å²) in [6.07, 6.45) is -0.0473. The first-order valence-electron chi connectivity index (χ1n) is 7.29. The number of para-hydroxylation sites is 1. The third-order valence-corrected chi connectivity index (χ3v) is 3.49. The summed E-state index contributed by atoms with van der Waals surface area (Å²) in [4.78, 5) is 4.18. The fraction of sp³-hybridized carbons (Fsp3) is 0.562. The zero-order valence-corrected chi connectivity index (χ0v) is 14.7. The molecular weight excluding hydrogens is 302 g/mol. The molecule has 0 spiro atoms. The van der Waals surface area contributed by atoms with Crippen LogP contribution in [0.15, 0.2) is 29.3 Å². The van der Waals surface area contributed by atoms with E-state index in [1.54, 1.807) is 14.2 Å². The number of benzene rings is 1. The maximum Gasteiger partial charge on any atom is 0.191 e. The molecule has 0 aliphatic carbocycles. The van der Waals surface area contributed by atoms with E-state index in [9.17, 15) is 0 Å². The molecule has 1 aromatic rings. The molecule has 0 aliphatic rings. The highest BCUT2D eigenvalue weighted by Crippen LogP contribution is 2.23. The van der Waals surface area contributed by atoms with Crippen molar-refractivity contribution in [1.82, 2.24) is 10.6 Å². The van der Waals surface area contributed by atoms with Gasteiger partial charge in [-0.15, -0.1) is 0 Å². The molecule has 0 fully saturated rings. The maximum atomic E-state index is 6.08. The van der Waals surface area contributed by atoms with Crippen molar-refractivity contribution in [2.45, 2.75) is 32.5 Å². The molecule has 0 aliphatic heterocycles. The Hall–Kier alpha value is -1.46. The predicted octanol–water partition coefficient (Wildman–Crippen LogP) is 2.70. The number of rotatable bonds is 7. The highest BCUT2D eigenvalue weighted by atomic mass is 35.5. The quantitative estimate of drug-likeness (QED) is 0.597. The van der Waals surface area contributed by atoms with Gasteiger partial charge in [0, 0.05) is 20.7 Å². The number of aliphatic imine (C=N–C) groups is 1. The monoisotopic (exact) mass is 327 g/mol. The molecule has 0 amide bonds. The van der Waals surface area contributed by atoms with Gasteiger partial charge in [0.2, 0.25) is 0 Å². The van der Waals surface area contributed by atoms with E-state index < -0.39 is 0 Å². The Morgan fingerprint density at radius 3 is 2.59 bits per heavy atom. The van der Waals surface area contributed by atoms with Gasteiger partial charge in [0.1, 0.15) is 11.9 Å². The van der Waals surface area contributed by atoms with E-state index in [4.69, 9.17) is 21.1 Å². The van der Waals surface area contributed by atoms with Gasteiger partial charge in [-0.1, -0.05) is 23.7 Å². The van der Waals surface area contributed by atoms with Crippen molar-refractivity contribution < 1.29 is 9.47 Å². The Morgan fingerprint density at radius 2 is 2.00 bits per heavy atom. The van der Waals surface area contributed by atoms with Crippen molar-refractivity contribution >= 4 is 17.6 Å². The second-order valence-corrected chi connectivity index (χ2v) is 6.04. The highest BCUT2D eigenvalue weighted by Gasteiger charge is 2.16. The summed E-state index contributed by atoms with van der Waals surface area (Å²) in [6.45, 7) is 7.26. The molecule has 1 rings (SSSR count). The largest absolute Gasteiger partial charge is 0.487 e. The van der Waals surface area contributed by atoms with Crippen LogP contribution in [0.25, 0.3) is 0 Å². The Bertz CT molecular complexity index is 492. The van der Waals surface area contributed by atoms with Crippen LogP contribution >= 0.6 is 11.6 Å². The lowest BCUT2D eigenvalue weighted by molar-refractivity contribution is 0.0268. The van der Waals surface area contributed by atoms with Gasteiger partial charge in [-0.3, -0.25) is 4.99 Å². The summed E-state index contributed by atoms with van der Waals surface area (Å²) in [5, 5.41) is 7.05. The number of methoxy groups -OCH3 is 1. The minimum atomic E-state index is -0.253. The number of hydrogen-bond acceptors (Lipinski definition) is 3. The van der Waals surface area contributed by atoms with Gasteiger partial charge in [-0.25, -0.2) is 0 Å². The lowest BCUT2D eigenvalue weighted by Crippen LogP contribution is -2.47. The molecule has 124 valence electrons. The van der Waals surface area contributed by atoms with Crippen LogP contribution in [-0.4, -0.2) is 44.9 Å². The number of halogens is 1. The predicted molar refractivity (Wildman–Crippen MR) is 92.0 cm³/mol. The van der Waals surface area contributed by atoms with Crippen LogP contribution in [0, 0.1) is 0 Å². The molecule has 1 aromatic carbocycles. The number of hydrogen-bond donors (Lipinski definition) is 2. The molecule has 1 atom stereocenters. The van der Waals surface area contributed by atoms with Crippen LogP contribution < -0.4 is 15.4 Å². The molecule has 0 radical (unpaired) electrons. The molecule has 0 bridgehead atoms. The van der Waals surface area contributed by atoms with Crippen molar-refractivity contribution in [3.05, 3.63) is 29.3 Å². The van der Waals surface area contributed by atoms with Gasteiger partial charge in [-0.05, 0) is 32.9 Å². The Kier molecular flexibility index (Phi) is 7.48. The SMILES string of the molecule is CN=C(NCC(C)Oc1ccccc1Cl)NCC(C)(C)OC. The molecule has 6 heteroatoms. The molecule has 1 unspecified atom stereocenters. The van der Waals surface area contributed by atoms with Crippen LogP contribution in [0.5, 0.6) is 5.75 Å². The summed E-state index contributed by atoms with van der Waals surface area (Å²) < 4.78 is 11.2. The minimum Gasteiger partial charge on any atom is -0.487 e. The van der Waals surface area contributed by atoms with Gasteiger partial charge in [0.15, 0.2) is 5.96 Å². The normalized spacial score (nSPS) is 13.6. The summed E-state index contributed by atoms with van der Waals surface area (Å²) >= 11 is 6.08. The zero-order valence-electron chi connectivity index (χ0n) is 13.9. The first-order chi connectivity index (χ1) is 10.4. The average molecular weight is 328 g/mol. The summed E-state index contributed by atoms with van der Waals surface area (Å²) in [7, 11) is 3.42. The van der Waals surface area contributed by atoms with Crippen molar-refractivity contribution in [2.75, 3.05) is 27.2 Å². The van der Waals surface area contributed by atoms with E-state index >= 15 is 0 Å². The summed E-state index contributed by atoms with van der Waals surface area (Å²) in [5.74, 6) is 1.39. The lowest BCUT2D eigenvalue weighted by atomic mass is 10.1. The second kappa shape index (κ2) is 8.86. The van der Waals surface area contributed by atoms with Gasteiger partial charge < -0.3 is 20.1 Å². The molecule has 2 N–H and O–H groups in total. The molecule has 0 aromatic heterocycles. The molecule has 5 nitrogen and oxygen atoms in total. The van der Waals surface area contributed by atoms with Crippen molar-refractivity contribution in [3.63, 3.8) is 0 Å². The summed E-state index contributed by atoms with van der Waals surface area (Å²) in [5.41, 5.74) is -0.253. The van der Waals surface area contributed by atoms with Crippen LogP contribution in [0.1, 0.15) is 20.8 Å². The minimum absolute atomic E-state index is 0.0473. The fourth-order valence-electron chi connectivity index (χ4n) is 1.63. The van der Waals surface area contributed by atoms with Crippen molar-refractivity contribution in [3.8, 4) is 5.75 Å². The van der Waals surface area contributed by atoms with Crippen LogP contribution in [-0.2, 0) is 4.74 Å². The van der Waals surface area contributed by atoms with E-state index in [1.807, 2.05) is 45.0 Å². The maximum absolute atomic E-state index is 6.08. The smallest absolute Gasteiger partial charge is 0.191 e. The zero-order chi connectivity index (χ0) is 16.6. The van der Waals surface area contributed by atoms with Gasteiger partial charge in [-0.2, -0.15) is 0 Å². The Balaban J connectivity index is 2.42. The standard InChI is InChI=1S/C16H26ClN3O2/c1-12(22-14-9-7-6-8-13(14)17)10-19-15(18-4)20-11-16(2,3)21-5/h6-9,12H,10-11H2,1-5H3,(H2,18,19,20). The van der Waals surface area contributed by atoms with E-state index in [-0.39, 0.29) is 11.7 Å². The first-order valence-corrected chi connectivity index (χ1v) is 7.66. The van der Waals surface area contributed by atoms with Crippen LogP contribution in [0.4, 0.5) is 0 Å². The molecule has 0 saturated carbocycles. The van der Waals surface area contributed by atoms with E-state index in [0.717, 1.165) is 0 Å². The first kappa shape index (κ1) is 18.6. The number of nitrogens with one attached hydrogen (secondary N) is 2. The topological polar surface area (TPSA) is 54.9 Å². The van der Waals surface area contributed by atoms with Crippen LogP contribution in [0.2, 0.25) is 5.02 Å². The summed E-state index contributed by atoms with van der Waals surface area (Å²) in [6, 6.07) is 7.44. The average Bonchev–Trinajstić information content (AvgIpc) is 2.50. The van der Waals surface area contributed by atoms with Crippen molar-refractivity contribution in [2.24, 2.45) is 4.99 Å². The molecule has 0 saturated heterocycles. The van der Waals surface area contributed by atoms with Gasteiger partial charge in [0.05, 0.1) is 17.2 Å². The van der Waals surface area contributed by atoms with Gasteiger partial charge >= 0.3 is 0 Å². The molecule has 0 heterocycles. The Morgan fingerprint density at radius 1 is 1.32 bits per heavy atom. The molecule has 22 heavy (non-hydrogen) atoms. The van der Waals surface area contributed by atoms with E-state index in [2.05, 4.69) is 15.6 Å². The fourth-order valence-corrected chi connectivity index (χ4v) is 1.81. The number of guanidine groups is 1.